The minimum atomic E-state index is -0.307. The molecular weight excluding hydrogens is 296 g/mol. The molecule has 0 unspecified atom stereocenters. The van der Waals surface area contributed by atoms with Crippen molar-refractivity contribution in [3.63, 3.8) is 0 Å². The van der Waals surface area contributed by atoms with Gasteiger partial charge in [-0.3, -0.25) is 19.1 Å². The Morgan fingerprint density at radius 2 is 2.29 bits per heavy atom. The van der Waals surface area contributed by atoms with Gasteiger partial charge in [0.1, 0.15) is 0 Å². The molecule has 1 aliphatic rings. The van der Waals surface area contributed by atoms with E-state index in [1.54, 1.807) is 7.11 Å². The monoisotopic (exact) mass is 314 g/mol. The zero-order valence-electron chi connectivity index (χ0n) is 11.8. The summed E-state index contributed by atoms with van der Waals surface area (Å²) >= 11 is 1.16. The Morgan fingerprint density at radius 1 is 1.48 bits per heavy atom. The summed E-state index contributed by atoms with van der Waals surface area (Å²) in [4.78, 5) is 36.3. The largest absolute Gasteiger partial charge is 0.385 e. The average Bonchev–Trinajstić information content (AvgIpc) is 3.04. The molecular formula is C12H18N4O4S. The second-order valence-electron chi connectivity index (χ2n) is 4.64. The first kappa shape index (κ1) is 15.8. The summed E-state index contributed by atoms with van der Waals surface area (Å²) < 4.78 is 6.42. The van der Waals surface area contributed by atoms with Crippen LogP contribution in [0.25, 0.3) is 0 Å². The number of nitrogens with one attached hydrogen (secondary N) is 1. The molecule has 116 valence electrons. The minimum Gasteiger partial charge on any atom is -0.385 e. The van der Waals surface area contributed by atoms with Crippen molar-refractivity contribution in [2.24, 2.45) is 0 Å². The number of imide groups is 1. The third-order valence-corrected chi connectivity index (χ3v) is 4.11. The predicted molar refractivity (Wildman–Crippen MR) is 76.0 cm³/mol. The molecule has 1 aliphatic heterocycles. The number of carbonyl (C=O) groups is 2. The Bertz CT molecular complexity index is 568. The van der Waals surface area contributed by atoms with Crippen LogP contribution in [0, 0.1) is 0 Å². The van der Waals surface area contributed by atoms with Crippen LogP contribution in [0.2, 0.25) is 0 Å². The van der Waals surface area contributed by atoms with Crippen LogP contribution in [0.15, 0.2) is 9.95 Å². The second-order valence-corrected chi connectivity index (χ2v) is 5.58. The molecule has 0 aliphatic carbocycles. The van der Waals surface area contributed by atoms with E-state index in [1.807, 2.05) is 0 Å². The van der Waals surface area contributed by atoms with Gasteiger partial charge in [-0.1, -0.05) is 11.8 Å². The maximum absolute atomic E-state index is 11.9. The summed E-state index contributed by atoms with van der Waals surface area (Å²) in [5.41, 5.74) is -0.307. The van der Waals surface area contributed by atoms with Crippen molar-refractivity contribution in [3.05, 3.63) is 10.5 Å². The van der Waals surface area contributed by atoms with Crippen LogP contribution < -0.4 is 5.69 Å². The van der Waals surface area contributed by atoms with Crippen LogP contribution in [0.4, 0.5) is 0 Å². The van der Waals surface area contributed by atoms with Crippen molar-refractivity contribution in [2.45, 2.75) is 31.0 Å². The number of methoxy groups -OCH3 is 1. The number of rotatable bonds is 7. The van der Waals surface area contributed by atoms with E-state index >= 15 is 0 Å². The standard InChI is InChI=1S/C12H18N4O4S/c1-20-7-3-6-16-11(19)13-14-12(16)21-8-10(18)15-5-2-4-9(15)17/h2-8H2,1H3,(H,13,19). The Hall–Kier alpha value is -1.61. The number of aromatic amines is 1. The molecule has 1 aromatic rings. The van der Waals surface area contributed by atoms with Gasteiger partial charge in [-0.15, -0.1) is 5.10 Å². The number of likely N-dealkylation sites (tertiary alicyclic amines) is 1. The lowest BCUT2D eigenvalue weighted by Gasteiger charge is -2.12. The van der Waals surface area contributed by atoms with E-state index in [-0.39, 0.29) is 23.3 Å². The van der Waals surface area contributed by atoms with Crippen LogP contribution in [-0.4, -0.2) is 57.5 Å². The first-order valence-corrected chi connectivity index (χ1v) is 7.72. The van der Waals surface area contributed by atoms with Crippen molar-refractivity contribution in [1.82, 2.24) is 19.7 Å². The number of hydrogen-bond acceptors (Lipinski definition) is 6. The first-order chi connectivity index (χ1) is 10.1. The van der Waals surface area contributed by atoms with E-state index in [4.69, 9.17) is 4.74 Å². The molecule has 2 amide bonds. The molecule has 1 N–H and O–H groups in total. The lowest BCUT2D eigenvalue weighted by molar-refractivity contribution is -0.140. The van der Waals surface area contributed by atoms with Crippen molar-refractivity contribution >= 4 is 23.6 Å². The third-order valence-electron chi connectivity index (χ3n) is 3.15. The quantitative estimate of drug-likeness (QED) is 0.555. The zero-order valence-corrected chi connectivity index (χ0v) is 12.6. The number of carbonyl (C=O) groups excluding carboxylic acids is 2. The lowest BCUT2D eigenvalue weighted by atomic mass is 10.4. The highest BCUT2D eigenvalue weighted by atomic mass is 32.2. The van der Waals surface area contributed by atoms with Gasteiger partial charge in [-0.25, -0.2) is 9.89 Å². The van der Waals surface area contributed by atoms with E-state index in [1.165, 1.54) is 9.47 Å². The molecule has 2 heterocycles. The number of amides is 2. The van der Waals surface area contributed by atoms with E-state index in [2.05, 4.69) is 10.2 Å². The van der Waals surface area contributed by atoms with Crippen molar-refractivity contribution < 1.29 is 14.3 Å². The van der Waals surface area contributed by atoms with Crippen molar-refractivity contribution in [2.75, 3.05) is 26.0 Å². The van der Waals surface area contributed by atoms with Crippen LogP contribution in [0.3, 0.4) is 0 Å². The summed E-state index contributed by atoms with van der Waals surface area (Å²) in [6.45, 7) is 1.50. The van der Waals surface area contributed by atoms with Crippen LogP contribution >= 0.6 is 11.8 Å². The Labute approximate surface area is 125 Å². The molecule has 0 bridgehead atoms. The summed E-state index contributed by atoms with van der Waals surface area (Å²) in [7, 11) is 1.60. The molecule has 0 aromatic carbocycles. The van der Waals surface area contributed by atoms with Crippen LogP contribution in [0.1, 0.15) is 19.3 Å². The maximum Gasteiger partial charge on any atom is 0.343 e. The molecule has 0 spiro atoms. The fraction of sp³-hybridized carbons (Fsp3) is 0.667. The number of hydrogen-bond donors (Lipinski definition) is 1. The maximum atomic E-state index is 11.9. The first-order valence-electron chi connectivity index (χ1n) is 6.73. The molecule has 0 atom stereocenters. The molecule has 0 saturated carbocycles. The van der Waals surface area contributed by atoms with Gasteiger partial charge in [0.2, 0.25) is 11.8 Å². The van der Waals surface area contributed by atoms with E-state index in [0.29, 0.717) is 37.7 Å². The summed E-state index contributed by atoms with van der Waals surface area (Å²) in [6.07, 6.45) is 1.84. The van der Waals surface area contributed by atoms with E-state index < -0.39 is 0 Å². The van der Waals surface area contributed by atoms with Gasteiger partial charge in [-0.2, -0.15) is 0 Å². The van der Waals surface area contributed by atoms with Gasteiger partial charge >= 0.3 is 5.69 Å². The van der Waals surface area contributed by atoms with Gasteiger partial charge in [0.25, 0.3) is 0 Å². The van der Waals surface area contributed by atoms with Crippen molar-refractivity contribution in [1.29, 1.82) is 0 Å². The third kappa shape index (κ3) is 3.94. The lowest BCUT2D eigenvalue weighted by Crippen LogP contribution is -2.33. The van der Waals surface area contributed by atoms with Crippen LogP contribution in [0.5, 0.6) is 0 Å². The highest BCUT2D eigenvalue weighted by Crippen LogP contribution is 2.17. The smallest absolute Gasteiger partial charge is 0.343 e. The topological polar surface area (TPSA) is 97.3 Å². The Kier molecular flexibility index (Phi) is 5.57. The molecule has 1 aromatic heterocycles. The average molecular weight is 314 g/mol. The summed E-state index contributed by atoms with van der Waals surface area (Å²) in [5.74, 6) is -0.262. The number of H-pyrrole nitrogens is 1. The van der Waals surface area contributed by atoms with Gasteiger partial charge in [0.15, 0.2) is 5.16 Å². The molecule has 9 heteroatoms. The van der Waals surface area contributed by atoms with Gasteiger partial charge in [0.05, 0.1) is 5.75 Å². The molecule has 2 rings (SSSR count). The minimum absolute atomic E-state index is 0.0975. The highest BCUT2D eigenvalue weighted by Gasteiger charge is 2.26. The second kappa shape index (κ2) is 7.41. The Morgan fingerprint density at radius 3 is 2.95 bits per heavy atom. The number of thioether (sulfide) groups is 1. The molecule has 1 saturated heterocycles. The summed E-state index contributed by atoms with van der Waals surface area (Å²) in [5, 5.41) is 6.73. The van der Waals surface area contributed by atoms with E-state index in [0.717, 1.165) is 18.2 Å². The number of aromatic nitrogens is 3. The molecule has 1 fully saturated rings. The van der Waals surface area contributed by atoms with Crippen molar-refractivity contribution in [3.8, 4) is 0 Å². The summed E-state index contributed by atoms with van der Waals surface area (Å²) in [6, 6.07) is 0. The molecule has 21 heavy (non-hydrogen) atoms. The zero-order chi connectivity index (χ0) is 15.2. The fourth-order valence-electron chi connectivity index (χ4n) is 2.09. The molecule has 0 radical (unpaired) electrons. The number of ether oxygens (including phenoxy) is 1. The van der Waals surface area contributed by atoms with Gasteiger partial charge < -0.3 is 4.74 Å². The van der Waals surface area contributed by atoms with Gasteiger partial charge in [0, 0.05) is 33.2 Å². The van der Waals surface area contributed by atoms with E-state index in [9.17, 15) is 14.4 Å². The SMILES string of the molecule is COCCCn1c(SCC(=O)N2CCCC2=O)n[nH]c1=O. The fourth-order valence-corrected chi connectivity index (χ4v) is 2.94. The Balaban J connectivity index is 1.92. The number of nitrogens with zero attached hydrogens (tertiary/aromatic N) is 3. The highest BCUT2D eigenvalue weighted by molar-refractivity contribution is 7.99. The van der Waals surface area contributed by atoms with Gasteiger partial charge in [-0.05, 0) is 12.8 Å². The molecule has 8 nitrogen and oxygen atoms in total. The van der Waals surface area contributed by atoms with Crippen LogP contribution in [-0.2, 0) is 20.9 Å². The predicted octanol–water partition coefficient (Wildman–Crippen LogP) is -0.151. The normalized spacial score (nSPS) is 14.9.